The number of halogens is 2. The maximum atomic E-state index is 12.3. The number of sulfonamides is 1. The molecule has 5 nitrogen and oxygen atoms in total. The molecule has 0 atom stereocenters. The minimum absolute atomic E-state index is 0.00804. The number of nitrogens with zero attached hydrogens (tertiary/aromatic N) is 1. The van der Waals surface area contributed by atoms with Gasteiger partial charge in [-0.25, -0.2) is 18.1 Å². The Morgan fingerprint density at radius 3 is 2.55 bits per heavy atom. The molecule has 2 aromatic rings. The molecule has 8 heteroatoms. The summed E-state index contributed by atoms with van der Waals surface area (Å²) < 4.78 is 33.5. The number of hydrogen-bond donors (Lipinski definition) is 1. The van der Waals surface area contributed by atoms with E-state index >= 15 is 0 Å². The molecule has 0 spiro atoms. The van der Waals surface area contributed by atoms with Crippen LogP contribution in [0.2, 0.25) is 0 Å². The van der Waals surface area contributed by atoms with E-state index in [0.717, 1.165) is 10.0 Å². The van der Waals surface area contributed by atoms with Crippen molar-refractivity contribution in [2.45, 2.75) is 25.3 Å². The molecule has 0 aliphatic rings. The maximum absolute atomic E-state index is 12.3. The van der Waals surface area contributed by atoms with E-state index in [9.17, 15) is 8.42 Å². The second-order valence-electron chi connectivity index (χ2n) is 4.22. The average molecular weight is 424 g/mol. The highest BCUT2D eigenvalue weighted by atomic mass is 79.9. The van der Waals surface area contributed by atoms with Crippen LogP contribution in [0.5, 0.6) is 0 Å². The summed E-state index contributed by atoms with van der Waals surface area (Å²) in [6.07, 6.45) is 1.54. The fourth-order valence-electron chi connectivity index (χ4n) is 1.55. The van der Waals surface area contributed by atoms with Crippen molar-refractivity contribution in [1.29, 1.82) is 0 Å². The highest BCUT2D eigenvalue weighted by Gasteiger charge is 2.19. The van der Waals surface area contributed by atoms with Crippen LogP contribution in [0.1, 0.15) is 17.2 Å². The SMILES string of the molecule is Cc1cnc(CNS(=O)(=O)c2cc(Br)c(C)cc2Br)o1. The van der Waals surface area contributed by atoms with Gasteiger partial charge in [0.15, 0.2) is 0 Å². The van der Waals surface area contributed by atoms with Crippen LogP contribution in [0.3, 0.4) is 0 Å². The molecule has 0 saturated heterocycles. The third-order valence-electron chi connectivity index (χ3n) is 2.59. The van der Waals surface area contributed by atoms with Crippen LogP contribution in [0.15, 0.2) is 36.6 Å². The molecule has 0 radical (unpaired) electrons. The Morgan fingerprint density at radius 2 is 1.95 bits per heavy atom. The number of aromatic nitrogens is 1. The molecule has 108 valence electrons. The molecule has 0 saturated carbocycles. The van der Waals surface area contributed by atoms with Crippen LogP contribution < -0.4 is 4.72 Å². The van der Waals surface area contributed by atoms with E-state index in [-0.39, 0.29) is 11.4 Å². The van der Waals surface area contributed by atoms with Gasteiger partial charge in [-0.15, -0.1) is 0 Å². The first kappa shape index (κ1) is 15.7. The molecule has 0 aliphatic carbocycles. The van der Waals surface area contributed by atoms with Gasteiger partial charge in [-0.1, -0.05) is 15.9 Å². The number of benzene rings is 1. The molecule has 0 unspecified atom stereocenters. The van der Waals surface area contributed by atoms with Crippen LogP contribution in [-0.4, -0.2) is 13.4 Å². The Bertz CT molecular complexity index is 741. The molecule has 1 N–H and O–H groups in total. The van der Waals surface area contributed by atoms with Gasteiger partial charge in [0.2, 0.25) is 15.9 Å². The number of oxazole rings is 1. The summed E-state index contributed by atoms with van der Waals surface area (Å²) in [4.78, 5) is 4.12. The third-order valence-corrected chi connectivity index (χ3v) is 5.80. The second kappa shape index (κ2) is 5.97. The van der Waals surface area contributed by atoms with Gasteiger partial charge < -0.3 is 4.42 Å². The Kier molecular flexibility index (Phi) is 4.68. The topological polar surface area (TPSA) is 72.2 Å². The van der Waals surface area contributed by atoms with Gasteiger partial charge in [0.1, 0.15) is 5.76 Å². The predicted molar refractivity (Wildman–Crippen MR) is 81.8 cm³/mol. The number of rotatable bonds is 4. The summed E-state index contributed by atoms with van der Waals surface area (Å²) in [5.41, 5.74) is 0.944. The molecule has 1 aromatic carbocycles. The highest BCUT2D eigenvalue weighted by molar-refractivity contribution is 9.11. The lowest BCUT2D eigenvalue weighted by molar-refractivity contribution is 0.463. The van der Waals surface area contributed by atoms with E-state index < -0.39 is 10.0 Å². The van der Waals surface area contributed by atoms with Crippen LogP contribution in [0, 0.1) is 13.8 Å². The van der Waals surface area contributed by atoms with Gasteiger partial charge in [0.25, 0.3) is 0 Å². The molecule has 1 heterocycles. The Hall–Kier alpha value is -0.700. The van der Waals surface area contributed by atoms with Gasteiger partial charge in [0, 0.05) is 8.95 Å². The number of hydrogen-bond acceptors (Lipinski definition) is 4. The van der Waals surface area contributed by atoms with Crippen LogP contribution in [-0.2, 0) is 16.6 Å². The normalized spacial score (nSPS) is 11.8. The second-order valence-corrected chi connectivity index (χ2v) is 7.67. The van der Waals surface area contributed by atoms with Gasteiger partial charge in [0.05, 0.1) is 17.6 Å². The minimum atomic E-state index is -3.65. The Labute approximate surface area is 134 Å². The zero-order chi connectivity index (χ0) is 14.9. The smallest absolute Gasteiger partial charge is 0.242 e. The minimum Gasteiger partial charge on any atom is -0.445 e. The van der Waals surface area contributed by atoms with E-state index in [1.54, 1.807) is 25.3 Å². The van der Waals surface area contributed by atoms with Crippen LogP contribution in [0.4, 0.5) is 0 Å². The summed E-state index contributed by atoms with van der Waals surface area (Å²) >= 11 is 6.60. The number of nitrogens with one attached hydrogen (secondary N) is 1. The predicted octanol–water partition coefficient (Wildman–Crippen LogP) is 3.29. The lowest BCUT2D eigenvalue weighted by Crippen LogP contribution is -2.23. The van der Waals surface area contributed by atoms with Gasteiger partial charge in [-0.3, -0.25) is 0 Å². The van der Waals surface area contributed by atoms with Crippen molar-refractivity contribution in [2.75, 3.05) is 0 Å². The zero-order valence-corrected chi connectivity index (χ0v) is 14.8. The highest BCUT2D eigenvalue weighted by Crippen LogP contribution is 2.28. The zero-order valence-electron chi connectivity index (χ0n) is 10.8. The van der Waals surface area contributed by atoms with E-state index in [0.29, 0.717) is 16.1 Å². The van der Waals surface area contributed by atoms with Gasteiger partial charge in [-0.05, 0) is 47.5 Å². The van der Waals surface area contributed by atoms with Crippen molar-refractivity contribution in [2.24, 2.45) is 0 Å². The molecular weight excluding hydrogens is 412 g/mol. The van der Waals surface area contributed by atoms with Crippen LogP contribution >= 0.6 is 31.9 Å². The lowest BCUT2D eigenvalue weighted by Gasteiger charge is -2.09. The molecule has 20 heavy (non-hydrogen) atoms. The first-order valence-electron chi connectivity index (χ1n) is 5.66. The maximum Gasteiger partial charge on any atom is 0.242 e. The monoisotopic (exact) mass is 422 g/mol. The summed E-state index contributed by atoms with van der Waals surface area (Å²) in [7, 11) is -3.65. The van der Waals surface area contributed by atoms with Crippen molar-refractivity contribution in [1.82, 2.24) is 9.71 Å². The Balaban J connectivity index is 2.24. The Morgan fingerprint density at radius 1 is 1.25 bits per heavy atom. The molecule has 0 amide bonds. The van der Waals surface area contributed by atoms with E-state index in [2.05, 4.69) is 41.6 Å². The van der Waals surface area contributed by atoms with E-state index in [4.69, 9.17) is 4.42 Å². The largest absolute Gasteiger partial charge is 0.445 e. The molecular formula is C12H12Br2N2O3S. The summed E-state index contributed by atoms with van der Waals surface area (Å²) in [5, 5.41) is 0. The summed E-state index contributed by atoms with van der Waals surface area (Å²) in [6, 6.07) is 3.30. The summed E-state index contributed by atoms with van der Waals surface area (Å²) in [6.45, 7) is 3.64. The molecule has 0 fully saturated rings. The lowest BCUT2D eigenvalue weighted by atomic mass is 10.2. The summed E-state index contributed by atoms with van der Waals surface area (Å²) in [5.74, 6) is 0.965. The first-order chi connectivity index (χ1) is 9.29. The van der Waals surface area contributed by atoms with E-state index in [1.807, 2.05) is 6.92 Å². The number of aryl methyl sites for hydroxylation is 2. The van der Waals surface area contributed by atoms with Crippen LogP contribution in [0.25, 0.3) is 0 Å². The molecule has 0 aliphatic heterocycles. The quantitative estimate of drug-likeness (QED) is 0.818. The molecule has 1 aromatic heterocycles. The first-order valence-corrected chi connectivity index (χ1v) is 8.73. The molecule has 0 bridgehead atoms. The van der Waals surface area contributed by atoms with Gasteiger partial charge >= 0.3 is 0 Å². The standard InChI is InChI=1S/C12H12Br2N2O3S/c1-7-3-10(14)11(4-9(7)13)20(17,18)16-6-12-15-5-8(2)19-12/h3-5,16H,6H2,1-2H3. The molecule has 2 rings (SSSR count). The average Bonchev–Trinajstić information content (AvgIpc) is 2.77. The van der Waals surface area contributed by atoms with E-state index in [1.165, 1.54) is 0 Å². The van der Waals surface area contributed by atoms with Crippen molar-refractivity contribution < 1.29 is 12.8 Å². The van der Waals surface area contributed by atoms with Crippen molar-refractivity contribution >= 4 is 41.9 Å². The van der Waals surface area contributed by atoms with Crippen molar-refractivity contribution in [3.05, 3.63) is 44.5 Å². The third kappa shape index (κ3) is 3.49. The van der Waals surface area contributed by atoms with Gasteiger partial charge in [-0.2, -0.15) is 0 Å². The fourth-order valence-corrected chi connectivity index (χ4v) is 4.20. The fraction of sp³-hybridized carbons (Fsp3) is 0.250. The van der Waals surface area contributed by atoms with Crippen molar-refractivity contribution in [3.63, 3.8) is 0 Å². The van der Waals surface area contributed by atoms with Crippen molar-refractivity contribution in [3.8, 4) is 0 Å².